The SMILES string of the molecule is CN(Cc1c(C(=O)O)cnn1C)c1ccccc1C#N. The highest BCUT2D eigenvalue weighted by Crippen LogP contribution is 2.21. The van der Waals surface area contributed by atoms with Crippen LogP contribution in [0.1, 0.15) is 21.6 Å². The van der Waals surface area contributed by atoms with E-state index in [1.54, 1.807) is 19.2 Å². The third kappa shape index (κ3) is 2.47. The van der Waals surface area contributed by atoms with E-state index in [1.807, 2.05) is 24.1 Å². The standard InChI is InChI=1S/C14H14N4O2/c1-17(12-6-4-3-5-10(12)7-15)9-13-11(14(19)20)8-16-18(13)2/h3-6,8H,9H2,1-2H3,(H,19,20). The predicted octanol–water partition coefficient (Wildman–Crippen LogP) is 1.63. The molecule has 0 saturated heterocycles. The first-order valence-electron chi connectivity index (χ1n) is 5.99. The molecule has 0 amide bonds. The molecule has 6 heteroatoms. The number of hydrogen-bond donors (Lipinski definition) is 1. The molecular formula is C14H14N4O2. The Hall–Kier alpha value is -2.81. The second-order valence-corrected chi connectivity index (χ2v) is 4.42. The lowest BCUT2D eigenvalue weighted by Crippen LogP contribution is -2.21. The minimum absolute atomic E-state index is 0.175. The molecule has 20 heavy (non-hydrogen) atoms. The summed E-state index contributed by atoms with van der Waals surface area (Å²) in [7, 11) is 3.51. The molecule has 0 aliphatic rings. The van der Waals surface area contributed by atoms with Crippen LogP contribution in [0.3, 0.4) is 0 Å². The molecule has 2 aromatic rings. The van der Waals surface area contributed by atoms with E-state index in [2.05, 4.69) is 11.2 Å². The van der Waals surface area contributed by atoms with E-state index in [0.29, 0.717) is 17.8 Å². The number of para-hydroxylation sites is 1. The smallest absolute Gasteiger partial charge is 0.339 e. The van der Waals surface area contributed by atoms with Gasteiger partial charge in [0.05, 0.1) is 29.7 Å². The van der Waals surface area contributed by atoms with Crippen LogP contribution in [0.15, 0.2) is 30.5 Å². The van der Waals surface area contributed by atoms with Crippen LogP contribution in [-0.2, 0) is 13.6 Å². The number of carbonyl (C=O) groups is 1. The number of aromatic carboxylic acids is 1. The molecule has 0 aliphatic carbocycles. The van der Waals surface area contributed by atoms with E-state index in [0.717, 1.165) is 5.69 Å². The van der Waals surface area contributed by atoms with Crippen molar-refractivity contribution in [3.05, 3.63) is 47.3 Å². The van der Waals surface area contributed by atoms with Crippen molar-refractivity contribution in [1.29, 1.82) is 5.26 Å². The molecule has 1 heterocycles. The number of rotatable bonds is 4. The van der Waals surface area contributed by atoms with Crippen LogP contribution in [0.2, 0.25) is 0 Å². The molecule has 102 valence electrons. The van der Waals surface area contributed by atoms with Crippen molar-refractivity contribution in [2.75, 3.05) is 11.9 Å². The highest BCUT2D eigenvalue weighted by molar-refractivity contribution is 5.88. The first-order chi connectivity index (χ1) is 9.54. The fourth-order valence-electron chi connectivity index (χ4n) is 2.04. The molecule has 0 bridgehead atoms. The summed E-state index contributed by atoms with van der Waals surface area (Å²) in [5.41, 5.74) is 2.07. The highest BCUT2D eigenvalue weighted by atomic mass is 16.4. The number of benzene rings is 1. The van der Waals surface area contributed by atoms with Gasteiger partial charge in [0, 0.05) is 14.1 Å². The number of nitrogens with zero attached hydrogens (tertiary/aromatic N) is 4. The average Bonchev–Trinajstić information content (AvgIpc) is 2.80. The van der Waals surface area contributed by atoms with Gasteiger partial charge in [0.1, 0.15) is 11.6 Å². The van der Waals surface area contributed by atoms with E-state index >= 15 is 0 Å². The first-order valence-corrected chi connectivity index (χ1v) is 5.99. The quantitative estimate of drug-likeness (QED) is 0.913. The second-order valence-electron chi connectivity index (χ2n) is 4.42. The molecule has 1 aromatic heterocycles. The van der Waals surface area contributed by atoms with Gasteiger partial charge in [-0.1, -0.05) is 12.1 Å². The molecule has 6 nitrogen and oxygen atoms in total. The van der Waals surface area contributed by atoms with Gasteiger partial charge in [-0.15, -0.1) is 0 Å². The summed E-state index contributed by atoms with van der Waals surface area (Å²) in [6, 6.07) is 9.32. The average molecular weight is 270 g/mol. The molecule has 0 spiro atoms. The minimum Gasteiger partial charge on any atom is -0.478 e. The normalized spacial score (nSPS) is 10.1. The van der Waals surface area contributed by atoms with Crippen molar-refractivity contribution in [3.8, 4) is 6.07 Å². The maximum Gasteiger partial charge on any atom is 0.339 e. The van der Waals surface area contributed by atoms with Gasteiger partial charge in [-0.25, -0.2) is 4.79 Å². The van der Waals surface area contributed by atoms with Crippen molar-refractivity contribution in [1.82, 2.24) is 9.78 Å². The third-order valence-corrected chi connectivity index (χ3v) is 3.11. The van der Waals surface area contributed by atoms with E-state index in [-0.39, 0.29) is 5.56 Å². The fraction of sp³-hybridized carbons (Fsp3) is 0.214. The van der Waals surface area contributed by atoms with Crippen LogP contribution in [0.4, 0.5) is 5.69 Å². The number of aromatic nitrogens is 2. The molecule has 0 atom stereocenters. The predicted molar refractivity (Wildman–Crippen MR) is 73.4 cm³/mol. The number of nitriles is 1. The van der Waals surface area contributed by atoms with Crippen molar-refractivity contribution >= 4 is 11.7 Å². The van der Waals surface area contributed by atoms with Crippen molar-refractivity contribution < 1.29 is 9.90 Å². The Morgan fingerprint density at radius 3 is 2.85 bits per heavy atom. The second kappa shape index (κ2) is 5.45. The molecule has 0 fully saturated rings. The molecule has 0 radical (unpaired) electrons. The Morgan fingerprint density at radius 1 is 1.50 bits per heavy atom. The lowest BCUT2D eigenvalue weighted by atomic mass is 10.1. The summed E-state index contributed by atoms with van der Waals surface area (Å²) in [6.45, 7) is 0.358. The zero-order valence-electron chi connectivity index (χ0n) is 11.2. The molecular weight excluding hydrogens is 256 g/mol. The van der Waals surface area contributed by atoms with Crippen molar-refractivity contribution in [2.24, 2.45) is 7.05 Å². The van der Waals surface area contributed by atoms with E-state index in [9.17, 15) is 4.79 Å². The maximum atomic E-state index is 11.2. The molecule has 2 rings (SSSR count). The van der Waals surface area contributed by atoms with Crippen molar-refractivity contribution in [2.45, 2.75) is 6.54 Å². The largest absolute Gasteiger partial charge is 0.478 e. The monoisotopic (exact) mass is 270 g/mol. The van der Waals surface area contributed by atoms with E-state index < -0.39 is 5.97 Å². The number of anilines is 1. The van der Waals surface area contributed by atoms with Crippen LogP contribution >= 0.6 is 0 Å². The van der Waals surface area contributed by atoms with Gasteiger partial charge >= 0.3 is 5.97 Å². The van der Waals surface area contributed by atoms with Crippen LogP contribution in [0, 0.1) is 11.3 Å². The maximum absolute atomic E-state index is 11.2. The van der Waals surface area contributed by atoms with Crippen LogP contribution in [-0.4, -0.2) is 27.9 Å². The topological polar surface area (TPSA) is 82.2 Å². The summed E-state index contributed by atoms with van der Waals surface area (Å²) in [4.78, 5) is 13.0. The van der Waals surface area contributed by atoms with Crippen LogP contribution in [0.25, 0.3) is 0 Å². The van der Waals surface area contributed by atoms with Gasteiger partial charge in [0.15, 0.2) is 0 Å². The van der Waals surface area contributed by atoms with Crippen LogP contribution in [0.5, 0.6) is 0 Å². The summed E-state index contributed by atoms with van der Waals surface area (Å²) >= 11 is 0. The van der Waals surface area contributed by atoms with Gasteiger partial charge < -0.3 is 10.0 Å². The zero-order chi connectivity index (χ0) is 14.7. The molecule has 0 saturated carbocycles. The number of aryl methyl sites for hydroxylation is 1. The van der Waals surface area contributed by atoms with Crippen molar-refractivity contribution in [3.63, 3.8) is 0 Å². The minimum atomic E-state index is -1.00. The molecule has 0 aliphatic heterocycles. The molecule has 1 aromatic carbocycles. The summed E-state index contributed by atoms with van der Waals surface area (Å²) < 4.78 is 1.54. The Labute approximate surface area is 116 Å². The molecule has 0 unspecified atom stereocenters. The lowest BCUT2D eigenvalue weighted by molar-refractivity contribution is 0.0695. The van der Waals surface area contributed by atoms with Gasteiger partial charge in [0.2, 0.25) is 0 Å². The van der Waals surface area contributed by atoms with Gasteiger partial charge in [0.25, 0.3) is 0 Å². The Kier molecular flexibility index (Phi) is 3.71. The van der Waals surface area contributed by atoms with Gasteiger partial charge in [-0.3, -0.25) is 4.68 Å². The van der Waals surface area contributed by atoms with Crippen LogP contribution < -0.4 is 4.90 Å². The van der Waals surface area contributed by atoms with Gasteiger partial charge in [-0.05, 0) is 12.1 Å². The third-order valence-electron chi connectivity index (χ3n) is 3.11. The number of hydrogen-bond acceptors (Lipinski definition) is 4. The first kappa shape index (κ1) is 13.6. The summed E-state index contributed by atoms with van der Waals surface area (Å²) in [5.74, 6) is -1.00. The highest BCUT2D eigenvalue weighted by Gasteiger charge is 2.17. The Morgan fingerprint density at radius 2 is 2.20 bits per heavy atom. The Balaban J connectivity index is 2.33. The van der Waals surface area contributed by atoms with Gasteiger partial charge in [-0.2, -0.15) is 10.4 Å². The number of carboxylic acid groups (broad SMARTS) is 1. The number of carboxylic acids is 1. The molecule has 1 N–H and O–H groups in total. The van der Waals surface area contributed by atoms with E-state index in [1.165, 1.54) is 10.9 Å². The lowest BCUT2D eigenvalue weighted by Gasteiger charge is -2.20. The zero-order valence-corrected chi connectivity index (χ0v) is 11.2. The fourth-order valence-corrected chi connectivity index (χ4v) is 2.04. The van der Waals surface area contributed by atoms with E-state index in [4.69, 9.17) is 10.4 Å². The Bertz CT molecular complexity index is 685. The summed E-state index contributed by atoms with van der Waals surface area (Å²) in [6.07, 6.45) is 1.34. The summed E-state index contributed by atoms with van der Waals surface area (Å²) in [5, 5.41) is 22.2.